The van der Waals surface area contributed by atoms with Gasteiger partial charge in [0.15, 0.2) is 0 Å². The number of nitrogens with zero attached hydrogens (tertiary/aromatic N) is 1. The Kier molecular flexibility index (Phi) is 5.09. The van der Waals surface area contributed by atoms with E-state index in [2.05, 4.69) is 5.32 Å². The van der Waals surface area contributed by atoms with E-state index in [4.69, 9.17) is 0 Å². The molecule has 112 valence electrons. The van der Waals surface area contributed by atoms with Crippen LogP contribution in [0.15, 0.2) is 30.3 Å². The predicted molar refractivity (Wildman–Crippen MR) is 78.6 cm³/mol. The minimum Gasteiger partial charge on any atom is -0.347 e. The molecule has 5 heteroatoms. The van der Waals surface area contributed by atoms with E-state index >= 15 is 0 Å². The Morgan fingerprint density at radius 2 is 1.95 bits per heavy atom. The molecule has 1 N–H and O–H groups in total. The summed E-state index contributed by atoms with van der Waals surface area (Å²) in [5.74, 6) is -0.366. The molecule has 0 spiro atoms. The lowest BCUT2D eigenvalue weighted by atomic mass is 10.1. The van der Waals surface area contributed by atoms with Gasteiger partial charge in [0, 0.05) is 6.54 Å². The van der Waals surface area contributed by atoms with Crippen LogP contribution in [0.2, 0.25) is 0 Å². The lowest BCUT2D eigenvalue weighted by Gasteiger charge is -2.24. The summed E-state index contributed by atoms with van der Waals surface area (Å²) >= 11 is 0. The van der Waals surface area contributed by atoms with Gasteiger partial charge in [-0.25, -0.2) is 0 Å². The maximum atomic E-state index is 12.3. The second-order valence-electron chi connectivity index (χ2n) is 5.33. The Balaban J connectivity index is 1.96. The molecule has 1 aromatic rings. The molecule has 0 aromatic heterocycles. The molecule has 0 aliphatic carbocycles. The summed E-state index contributed by atoms with van der Waals surface area (Å²) in [4.78, 5) is 37.0. The first-order chi connectivity index (χ1) is 10.1. The molecule has 0 unspecified atom stereocenters. The van der Waals surface area contributed by atoms with E-state index in [9.17, 15) is 14.4 Å². The molecule has 1 atom stereocenters. The van der Waals surface area contributed by atoms with Crippen molar-refractivity contribution in [1.29, 1.82) is 0 Å². The van der Waals surface area contributed by atoms with E-state index in [0.29, 0.717) is 19.4 Å². The highest BCUT2D eigenvalue weighted by molar-refractivity contribution is 5.91. The number of carbonyl (C=O) groups is 3. The van der Waals surface area contributed by atoms with E-state index in [0.717, 1.165) is 12.0 Å². The summed E-state index contributed by atoms with van der Waals surface area (Å²) in [6.07, 6.45) is 1.78. The quantitative estimate of drug-likeness (QED) is 0.876. The first-order valence-corrected chi connectivity index (χ1v) is 7.18. The van der Waals surface area contributed by atoms with Crippen molar-refractivity contribution in [2.75, 3.05) is 13.1 Å². The average Bonchev–Trinajstić information content (AvgIpc) is 2.95. The summed E-state index contributed by atoms with van der Waals surface area (Å²) < 4.78 is 0. The van der Waals surface area contributed by atoms with Gasteiger partial charge in [-0.3, -0.25) is 14.4 Å². The van der Waals surface area contributed by atoms with Gasteiger partial charge in [-0.05, 0) is 25.3 Å². The molecule has 1 saturated heterocycles. The highest BCUT2D eigenvalue weighted by Gasteiger charge is 2.33. The Morgan fingerprint density at radius 3 is 2.62 bits per heavy atom. The third-order valence-electron chi connectivity index (χ3n) is 3.59. The summed E-state index contributed by atoms with van der Waals surface area (Å²) in [6, 6.07) is 9.05. The molecule has 2 rings (SSSR count). The van der Waals surface area contributed by atoms with E-state index in [-0.39, 0.29) is 24.1 Å². The molecule has 2 amide bonds. The first-order valence-electron chi connectivity index (χ1n) is 7.18. The van der Waals surface area contributed by atoms with Gasteiger partial charge in [-0.1, -0.05) is 30.3 Å². The topological polar surface area (TPSA) is 66.5 Å². The maximum Gasteiger partial charge on any atom is 0.243 e. The van der Waals surface area contributed by atoms with Gasteiger partial charge in [0.2, 0.25) is 11.8 Å². The summed E-state index contributed by atoms with van der Waals surface area (Å²) in [6.45, 7) is 2.05. The molecule has 0 saturated carbocycles. The lowest BCUT2D eigenvalue weighted by molar-refractivity contribution is -0.138. The Labute approximate surface area is 124 Å². The molecule has 1 aromatic carbocycles. The fourth-order valence-electron chi connectivity index (χ4n) is 2.54. The van der Waals surface area contributed by atoms with Gasteiger partial charge in [0.1, 0.15) is 11.8 Å². The van der Waals surface area contributed by atoms with Crippen molar-refractivity contribution in [3.63, 3.8) is 0 Å². The van der Waals surface area contributed by atoms with Crippen molar-refractivity contribution in [2.45, 2.75) is 32.2 Å². The van der Waals surface area contributed by atoms with E-state index in [1.54, 1.807) is 4.90 Å². The first kappa shape index (κ1) is 15.2. The molecule has 21 heavy (non-hydrogen) atoms. The van der Waals surface area contributed by atoms with Crippen molar-refractivity contribution in [3.8, 4) is 0 Å². The molecule has 0 bridgehead atoms. The van der Waals surface area contributed by atoms with Gasteiger partial charge in [-0.2, -0.15) is 0 Å². The van der Waals surface area contributed by atoms with E-state index in [1.807, 2.05) is 30.3 Å². The molecular formula is C16H20N2O3. The smallest absolute Gasteiger partial charge is 0.243 e. The van der Waals surface area contributed by atoms with Gasteiger partial charge in [0.05, 0.1) is 13.0 Å². The van der Waals surface area contributed by atoms with Crippen LogP contribution in [0, 0.1) is 0 Å². The SMILES string of the molecule is CC(=O)CNC(=O)[C@@H]1CCCN1C(=O)Cc1ccccc1. The second kappa shape index (κ2) is 7.02. The van der Waals surface area contributed by atoms with Crippen molar-refractivity contribution in [2.24, 2.45) is 0 Å². The number of rotatable bonds is 5. The number of likely N-dealkylation sites (tertiary alicyclic amines) is 1. The van der Waals surface area contributed by atoms with Gasteiger partial charge < -0.3 is 10.2 Å². The van der Waals surface area contributed by atoms with Crippen molar-refractivity contribution in [1.82, 2.24) is 10.2 Å². The number of nitrogens with one attached hydrogen (secondary N) is 1. The zero-order valence-corrected chi connectivity index (χ0v) is 12.2. The van der Waals surface area contributed by atoms with Crippen LogP contribution in [0.5, 0.6) is 0 Å². The average molecular weight is 288 g/mol. The number of benzene rings is 1. The maximum absolute atomic E-state index is 12.3. The van der Waals surface area contributed by atoms with Gasteiger partial charge in [-0.15, -0.1) is 0 Å². The standard InChI is InChI=1S/C16H20N2O3/c1-12(19)11-17-16(21)14-8-5-9-18(14)15(20)10-13-6-3-2-4-7-13/h2-4,6-7,14H,5,8-11H2,1H3,(H,17,21)/t14-/m0/s1. The molecule has 1 aliphatic heterocycles. The Hall–Kier alpha value is -2.17. The van der Waals surface area contributed by atoms with Crippen LogP contribution in [0.3, 0.4) is 0 Å². The van der Waals surface area contributed by atoms with Gasteiger partial charge in [0.25, 0.3) is 0 Å². The number of ketones is 1. The van der Waals surface area contributed by atoms with E-state index < -0.39 is 6.04 Å². The van der Waals surface area contributed by atoms with Crippen LogP contribution in [0.4, 0.5) is 0 Å². The van der Waals surface area contributed by atoms with Crippen LogP contribution in [-0.4, -0.2) is 41.6 Å². The summed E-state index contributed by atoms with van der Waals surface area (Å²) in [5.41, 5.74) is 0.942. The predicted octanol–water partition coefficient (Wildman–Crippen LogP) is 0.925. The third kappa shape index (κ3) is 4.15. The fourth-order valence-corrected chi connectivity index (χ4v) is 2.54. The van der Waals surface area contributed by atoms with Crippen molar-refractivity contribution in [3.05, 3.63) is 35.9 Å². The van der Waals surface area contributed by atoms with Crippen LogP contribution >= 0.6 is 0 Å². The lowest BCUT2D eigenvalue weighted by Crippen LogP contribution is -2.47. The minimum absolute atomic E-state index is 0.0239. The van der Waals surface area contributed by atoms with E-state index in [1.165, 1.54) is 6.92 Å². The third-order valence-corrected chi connectivity index (χ3v) is 3.59. The Morgan fingerprint density at radius 1 is 1.24 bits per heavy atom. The molecular weight excluding hydrogens is 268 g/mol. The largest absolute Gasteiger partial charge is 0.347 e. The highest BCUT2D eigenvalue weighted by atomic mass is 16.2. The number of Topliss-reactive ketones (excluding diaryl/α,β-unsaturated/α-hetero) is 1. The molecule has 5 nitrogen and oxygen atoms in total. The van der Waals surface area contributed by atoms with Crippen molar-refractivity contribution < 1.29 is 14.4 Å². The van der Waals surface area contributed by atoms with Crippen molar-refractivity contribution >= 4 is 17.6 Å². The molecule has 1 fully saturated rings. The normalized spacial score (nSPS) is 17.6. The van der Waals surface area contributed by atoms with Gasteiger partial charge >= 0.3 is 0 Å². The number of hydrogen-bond donors (Lipinski definition) is 1. The number of amides is 2. The van der Waals surface area contributed by atoms with Crippen LogP contribution in [0.25, 0.3) is 0 Å². The number of hydrogen-bond acceptors (Lipinski definition) is 3. The molecule has 0 radical (unpaired) electrons. The highest BCUT2D eigenvalue weighted by Crippen LogP contribution is 2.19. The van der Waals surface area contributed by atoms with Crippen LogP contribution in [-0.2, 0) is 20.8 Å². The Bertz CT molecular complexity index is 528. The molecule has 1 heterocycles. The zero-order chi connectivity index (χ0) is 15.2. The summed E-state index contributed by atoms with van der Waals surface area (Å²) in [7, 11) is 0. The monoisotopic (exact) mass is 288 g/mol. The second-order valence-corrected chi connectivity index (χ2v) is 5.33. The van der Waals surface area contributed by atoms with Crippen LogP contribution < -0.4 is 5.32 Å². The minimum atomic E-state index is -0.444. The number of carbonyl (C=O) groups excluding carboxylic acids is 3. The molecule has 1 aliphatic rings. The zero-order valence-electron chi connectivity index (χ0n) is 12.2. The van der Waals surface area contributed by atoms with Crippen LogP contribution in [0.1, 0.15) is 25.3 Å². The fraction of sp³-hybridized carbons (Fsp3) is 0.438. The summed E-state index contributed by atoms with van der Waals surface area (Å²) in [5, 5.41) is 2.59.